The molecule has 1 aliphatic rings. The molecule has 16 heavy (non-hydrogen) atoms. The van der Waals surface area contributed by atoms with Gasteiger partial charge >= 0.3 is 0 Å². The van der Waals surface area contributed by atoms with Crippen LogP contribution < -0.4 is 5.32 Å². The van der Waals surface area contributed by atoms with Crippen LogP contribution in [0.3, 0.4) is 0 Å². The minimum Gasteiger partial charge on any atom is -0.313 e. The maximum atomic E-state index is 4.16. The van der Waals surface area contributed by atoms with Gasteiger partial charge in [0.25, 0.3) is 0 Å². The van der Waals surface area contributed by atoms with Gasteiger partial charge in [0.2, 0.25) is 0 Å². The maximum Gasteiger partial charge on any atom is 0.0202 e. The van der Waals surface area contributed by atoms with Crippen molar-refractivity contribution in [3.63, 3.8) is 0 Å². The van der Waals surface area contributed by atoms with Crippen LogP contribution in [0.25, 0.3) is 0 Å². The van der Waals surface area contributed by atoms with Crippen LogP contribution in [-0.2, 0) is 0 Å². The first-order valence-electron chi connectivity index (χ1n) is 6.81. The molecule has 1 saturated carbocycles. The van der Waals surface area contributed by atoms with Gasteiger partial charge in [-0.3, -0.25) is 4.90 Å². The van der Waals surface area contributed by atoms with Gasteiger partial charge in [-0.1, -0.05) is 32.8 Å². The van der Waals surface area contributed by atoms with E-state index in [1.54, 1.807) is 0 Å². The quantitative estimate of drug-likeness (QED) is 0.528. The molecule has 2 nitrogen and oxygen atoms in total. The number of nitrogens with zero attached hydrogens (tertiary/aromatic N) is 1. The van der Waals surface area contributed by atoms with Crippen molar-refractivity contribution in [2.24, 2.45) is 0 Å². The van der Waals surface area contributed by atoms with Gasteiger partial charge in [-0.15, -0.1) is 0 Å². The Bertz CT molecular complexity index is 195. The monoisotopic (exact) mass is 224 g/mol. The van der Waals surface area contributed by atoms with E-state index in [1.807, 2.05) is 0 Å². The maximum absolute atomic E-state index is 4.16. The first-order chi connectivity index (χ1) is 7.74. The minimum atomic E-state index is 0.802. The molecule has 0 aromatic carbocycles. The molecule has 0 saturated heterocycles. The van der Waals surface area contributed by atoms with E-state index in [9.17, 15) is 0 Å². The van der Waals surface area contributed by atoms with Gasteiger partial charge in [-0.2, -0.15) is 0 Å². The third-order valence-electron chi connectivity index (χ3n) is 3.47. The Balaban J connectivity index is 2.16. The second kappa shape index (κ2) is 7.86. The molecule has 0 aromatic heterocycles. The van der Waals surface area contributed by atoms with Crippen molar-refractivity contribution in [3.8, 4) is 0 Å². The summed E-state index contributed by atoms with van der Waals surface area (Å²) in [6, 6.07) is 0.802. The summed E-state index contributed by atoms with van der Waals surface area (Å²) in [4.78, 5) is 2.50. The summed E-state index contributed by atoms with van der Waals surface area (Å²) in [5, 5.41) is 3.42. The van der Waals surface area contributed by atoms with Crippen LogP contribution in [-0.4, -0.2) is 37.6 Å². The second-order valence-electron chi connectivity index (χ2n) is 5.13. The van der Waals surface area contributed by atoms with E-state index < -0.39 is 0 Å². The minimum absolute atomic E-state index is 0.802. The van der Waals surface area contributed by atoms with Crippen molar-refractivity contribution in [3.05, 3.63) is 12.2 Å². The average Bonchev–Trinajstić information content (AvgIpc) is 2.30. The first-order valence-corrected chi connectivity index (χ1v) is 6.81. The first kappa shape index (κ1) is 13.7. The van der Waals surface area contributed by atoms with E-state index in [-0.39, 0.29) is 0 Å². The average molecular weight is 224 g/mol. The molecule has 0 heterocycles. The van der Waals surface area contributed by atoms with Crippen LogP contribution >= 0.6 is 0 Å². The SMILES string of the molecule is C=C(CNCCC)CN(C)C1CCCCC1. The molecule has 2 heteroatoms. The summed E-state index contributed by atoms with van der Waals surface area (Å²) >= 11 is 0. The highest BCUT2D eigenvalue weighted by atomic mass is 15.1. The molecule has 1 aliphatic carbocycles. The predicted molar refractivity (Wildman–Crippen MR) is 71.8 cm³/mol. The Morgan fingerprint density at radius 3 is 2.62 bits per heavy atom. The lowest BCUT2D eigenvalue weighted by Gasteiger charge is -2.31. The van der Waals surface area contributed by atoms with Gasteiger partial charge in [-0.25, -0.2) is 0 Å². The van der Waals surface area contributed by atoms with Crippen LogP contribution in [0.4, 0.5) is 0 Å². The predicted octanol–water partition coefficient (Wildman–Crippen LogP) is 2.81. The summed E-state index contributed by atoms with van der Waals surface area (Å²) in [7, 11) is 2.25. The van der Waals surface area contributed by atoms with Gasteiger partial charge < -0.3 is 5.32 Å². The van der Waals surface area contributed by atoms with E-state index in [0.717, 1.165) is 25.7 Å². The molecule has 0 aromatic rings. The molecule has 0 aliphatic heterocycles. The highest BCUT2D eigenvalue weighted by molar-refractivity contribution is 5.00. The summed E-state index contributed by atoms with van der Waals surface area (Å²) in [5.41, 5.74) is 1.32. The molecule has 1 N–H and O–H groups in total. The smallest absolute Gasteiger partial charge is 0.0202 e. The highest BCUT2D eigenvalue weighted by Gasteiger charge is 2.17. The van der Waals surface area contributed by atoms with Crippen molar-refractivity contribution < 1.29 is 0 Å². The van der Waals surface area contributed by atoms with Crippen molar-refractivity contribution in [2.75, 3.05) is 26.7 Å². The number of likely N-dealkylation sites (N-methyl/N-ethyl adjacent to an activating group) is 1. The Morgan fingerprint density at radius 1 is 1.31 bits per heavy atom. The third kappa shape index (κ3) is 5.13. The molecule has 0 radical (unpaired) electrons. The summed E-state index contributed by atoms with van der Waals surface area (Å²) < 4.78 is 0. The van der Waals surface area contributed by atoms with Crippen LogP contribution in [0.5, 0.6) is 0 Å². The van der Waals surface area contributed by atoms with Crippen molar-refractivity contribution in [1.82, 2.24) is 10.2 Å². The second-order valence-corrected chi connectivity index (χ2v) is 5.13. The largest absolute Gasteiger partial charge is 0.313 e. The highest BCUT2D eigenvalue weighted by Crippen LogP contribution is 2.21. The van der Waals surface area contributed by atoms with Crippen LogP contribution in [0.1, 0.15) is 45.4 Å². The zero-order valence-corrected chi connectivity index (χ0v) is 11.1. The number of hydrogen-bond donors (Lipinski definition) is 1. The van der Waals surface area contributed by atoms with E-state index >= 15 is 0 Å². The fraction of sp³-hybridized carbons (Fsp3) is 0.857. The van der Waals surface area contributed by atoms with Gasteiger partial charge in [0, 0.05) is 19.1 Å². The molecule has 0 amide bonds. The van der Waals surface area contributed by atoms with Crippen molar-refractivity contribution in [1.29, 1.82) is 0 Å². The van der Waals surface area contributed by atoms with Gasteiger partial charge in [-0.05, 0) is 38.4 Å². The molecule has 0 bridgehead atoms. The fourth-order valence-electron chi connectivity index (χ4n) is 2.50. The van der Waals surface area contributed by atoms with Crippen LogP contribution in [0.2, 0.25) is 0 Å². The molecule has 0 unspecified atom stereocenters. The lowest BCUT2D eigenvalue weighted by molar-refractivity contribution is 0.204. The Hall–Kier alpha value is -0.340. The summed E-state index contributed by atoms with van der Waals surface area (Å²) in [6.07, 6.45) is 8.22. The lowest BCUT2D eigenvalue weighted by atomic mass is 9.94. The molecule has 0 atom stereocenters. The standard InChI is InChI=1S/C14H28N2/c1-4-10-15-11-13(2)12-16(3)14-8-6-5-7-9-14/h14-15H,2,4-12H2,1,3H3. The molecule has 0 spiro atoms. The number of hydrogen-bond acceptors (Lipinski definition) is 2. The van der Waals surface area contributed by atoms with Gasteiger partial charge in [0.05, 0.1) is 0 Å². The van der Waals surface area contributed by atoms with E-state index in [2.05, 4.69) is 30.8 Å². The number of nitrogens with one attached hydrogen (secondary N) is 1. The van der Waals surface area contributed by atoms with Crippen LogP contribution in [0, 0.1) is 0 Å². The van der Waals surface area contributed by atoms with E-state index in [1.165, 1.54) is 44.1 Å². The van der Waals surface area contributed by atoms with E-state index in [0.29, 0.717) is 0 Å². The molecular weight excluding hydrogens is 196 g/mol. The molecular formula is C14H28N2. The summed E-state index contributed by atoms with van der Waals surface area (Å²) in [6.45, 7) is 9.49. The zero-order valence-electron chi connectivity index (χ0n) is 11.1. The third-order valence-corrected chi connectivity index (χ3v) is 3.47. The fourth-order valence-corrected chi connectivity index (χ4v) is 2.50. The van der Waals surface area contributed by atoms with Gasteiger partial charge in [0.1, 0.15) is 0 Å². The molecule has 1 rings (SSSR count). The summed E-state index contributed by atoms with van der Waals surface area (Å²) in [5.74, 6) is 0. The Morgan fingerprint density at radius 2 is 2.00 bits per heavy atom. The van der Waals surface area contributed by atoms with Gasteiger partial charge in [0.15, 0.2) is 0 Å². The lowest BCUT2D eigenvalue weighted by Crippen LogP contribution is -2.36. The molecule has 1 fully saturated rings. The van der Waals surface area contributed by atoms with Crippen molar-refractivity contribution in [2.45, 2.75) is 51.5 Å². The van der Waals surface area contributed by atoms with E-state index in [4.69, 9.17) is 0 Å². The molecule has 94 valence electrons. The Kier molecular flexibility index (Phi) is 6.74. The zero-order chi connectivity index (χ0) is 11.8. The number of rotatable bonds is 7. The van der Waals surface area contributed by atoms with Crippen molar-refractivity contribution >= 4 is 0 Å². The van der Waals surface area contributed by atoms with Crippen LogP contribution in [0.15, 0.2) is 12.2 Å². The normalized spacial score (nSPS) is 17.9. The Labute approximate surface area is 101 Å². The topological polar surface area (TPSA) is 15.3 Å².